The summed E-state index contributed by atoms with van der Waals surface area (Å²) >= 11 is 5.62. The molecule has 6 heteroatoms. The summed E-state index contributed by atoms with van der Waals surface area (Å²) in [6.07, 6.45) is 1.69. The Morgan fingerprint density at radius 1 is 1.28 bits per heavy atom. The Morgan fingerprint density at radius 2 is 2.11 bits per heavy atom. The van der Waals surface area contributed by atoms with Gasteiger partial charge in [-0.25, -0.2) is 0 Å². The molecule has 1 amide bonds. The van der Waals surface area contributed by atoms with Crippen molar-refractivity contribution in [1.82, 2.24) is 20.1 Å². The average Bonchev–Trinajstić information content (AvgIpc) is 2.40. The molecular formula is C12H11ClN4O. The van der Waals surface area contributed by atoms with Crippen molar-refractivity contribution in [1.29, 1.82) is 0 Å². The van der Waals surface area contributed by atoms with Crippen LogP contribution in [0.4, 0.5) is 0 Å². The van der Waals surface area contributed by atoms with E-state index in [4.69, 9.17) is 11.6 Å². The van der Waals surface area contributed by atoms with Crippen LogP contribution in [0.15, 0.2) is 36.5 Å². The molecule has 0 bridgehead atoms. The number of hydrogen-bond acceptors (Lipinski definition) is 4. The number of halogens is 1. The van der Waals surface area contributed by atoms with Crippen LogP contribution in [0.25, 0.3) is 0 Å². The van der Waals surface area contributed by atoms with Gasteiger partial charge in [0.25, 0.3) is 5.91 Å². The summed E-state index contributed by atoms with van der Waals surface area (Å²) in [6.45, 7) is 0.421. The van der Waals surface area contributed by atoms with Crippen molar-refractivity contribution >= 4 is 17.5 Å². The van der Waals surface area contributed by atoms with Crippen molar-refractivity contribution in [2.75, 3.05) is 7.05 Å². The van der Waals surface area contributed by atoms with Gasteiger partial charge in [0.05, 0.1) is 12.2 Å². The lowest BCUT2D eigenvalue weighted by atomic mass is 10.3. The van der Waals surface area contributed by atoms with Crippen LogP contribution in [0.5, 0.6) is 0 Å². The van der Waals surface area contributed by atoms with E-state index in [2.05, 4.69) is 15.2 Å². The van der Waals surface area contributed by atoms with E-state index in [1.165, 1.54) is 11.0 Å². The van der Waals surface area contributed by atoms with Gasteiger partial charge < -0.3 is 4.90 Å². The molecule has 0 unspecified atom stereocenters. The van der Waals surface area contributed by atoms with Gasteiger partial charge in [0.2, 0.25) is 0 Å². The van der Waals surface area contributed by atoms with E-state index in [-0.39, 0.29) is 16.8 Å². The highest BCUT2D eigenvalue weighted by Gasteiger charge is 2.14. The minimum atomic E-state index is -0.218. The van der Waals surface area contributed by atoms with Crippen molar-refractivity contribution < 1.29 is 4.79 Å². The predicted molar refractivity (Wildman–Crippen MR) is 67.1 cm³/mol. The third-order valence-corrected chi connectivity index (χ3v) is 2.52. The number of nitrogens with zero attached hydrogens (tertiary/aromatic N) is 4. The van der Waals surface area contributed by atoms with Gasteiger partial charge in [0.1, 0.15) is 0 Å². The second kappa shape index (κ2) is 5.55. The van der Waals surface area contributed by atoms with Gasteiger partial charge in [0.15, 0.2) is 10.8 Å². The maximum Gasteiger partial charge on any atom is 0.274 e. The lowest BCUT2D eigenvalue weighted by molar-refractivity contribution is 0.0776. The quantitative estimate of drug-likeness (QED) is 0.846. The van der Waals surface area contributed by atoms with E-state index in [0.29, 0.717) is 6.54 Å². The molecule has 2 rings (SSSR count). The van der Waals surface area contributed by atoms with E-state index in [0.717, 1.165) is 5.69 Å². The molecule has 2 aromatic heterocycles. The van der Waals surface area contributed by atoms with Crippen LogP contribution in [-0.4, -0.2) is 33.0 Å². The molecule has 0 N–H and O–H groups in total. The molecule has 0 aliphatic carbocycles. The second-order valence-corrected chi connectivity index (χ2v) is 4.11. The van der Waals surface area contributed by atoms with Crippen LogP contribution in [0.3, 0.4) is 0 Å². The number of hydrogen-bond donors (Lipinski definition) is 0. The van der Waals surface area contributed by atoms with Gasteiger partial charge in [-0.1, -0.05) is 17.7 Å². The van der Waals surface area contributed by atoms with Crippen LogP contribution in [0.1, 0.15) is 16.2 Å². The Balaban J connectivity index is 2.07. The van der Waals surface area contributed by atoms with Crippen LogP contribution in [-0.2, 0) is 6.54 Å². The number of carbonyl (C=O) groups excluding carboxylic acids is 1. The zero-order valence-corrected chi connectivity index (χ0v) is 10.5. The van der Waals surface area contributed by atoms with E-state index >= 15 is 0 Å². The van der Waals surface area contributed by atoms with Gasteiger partial charge in [-0.05, 0) is 24.3 Å². The monoisotopic (exact) mass is 262 g/mol. The van der Waals surface area contributed by atoms with Crippen molar-refractivity contribution in [3.05, 3.63) is 53.1 Å². The summed E-state index contributed by atoms with van der Waals surface area (Å²) in [5, 5.41) is 7.65. The lowest BCUT2D eigenvalue weighted by Gasteiger charge is -2.15. The molecule has 0 aliphatic rings. The maximum atomic E-state index is 12.0. The minimum Gasteiger partial charge on any atom is -0.334 e. The van der Waals surface area contributed by atoms with Gasteiger partial charge in [-0.2, -0.15) is 0 Å². The first kappa shape index (κ1) is 12.4. The Kier molecular flexibility index (Phi) is 3.84. The third-order valence-electron chi connectivity index (χ3n) is 2.32. The van der Waals surface area contributed by atoms with Gasteiger partial charge in [-0.3, -0.25) is 9.78 Å². The fourth-order valence-electron chi connectivity index (χ4n) is 1.43. The number of carbonyl (C=O) groups is 1. The first-order valence-electron chi connectivity index (χ1n) is 5.31. The second-order valence-electron chi connectivity index (χ2n) is 3.72. The minimum absolute atomic E-state index is 0.218. The maximum absolute atomic E-state index is 12.0. The lowest BCUT2D eigenvalue weighted by Crippen LogP contribution is -2.27. The topological polar surface area (TPSA) is 59.0 Å². The Labute approximate surface area is 109 Å². The summed E-state index contributed by atoms with van der Waals surface area (Å²) < 4.78 is 0. The molecule has 2 heterocycles. The van der Waals surface area contributed by atoms with Crippen LogP contribution in [0, 0.1) is 0 Å². The third kappa shape index (κ3) is 3.01. The molecule has 92 valence electrons. The summed E-state index contributed by atoms with van der Waals surface area (Å²) in [6, 6.07) is 8.65. The van der Waals surface area contributed by atoms with Crippen molar-refractivity contribution in [3.8, 4) is 0 Å². The van der Waals surface area contributed by atoms with Crippen molar-refractivity contribution in [2.24, 2.45) is 0 Å². The van der Waals surface area contributed by atoms with Crippen molar-refractivity contribution in [2.45, 2.75) is 6.54 Å². The highest BCUT2D eigenvalue weighted by atomic mass is 35.5. The van der Waals surface area contributed by atoms with Gasteiger partial charge >= 0.3 is 0 Å². The molecule has 0 saturated heterocycles. The first-order chi connectivity index (χ1) is 8.66. The summed E-state index contributed by atoms with van der Waals surface area (Å²) in [4.78, 5) is 17.7. The number of rotatable bonds is 3. The highest BCUT2D eigenvalue weighted by Crippen LogP contribution is 2.06. The zero-order chi connectivity index (χ0) is 13.0. The van der Waals surface area contributed by atoms with Gasteiger partial charge in [0, 0.05) is 13.2 Å². The van der Waals surface area contributed by atoms with Crippen molar-refractivity contribution in [3.63, 3.8) is 0 Å². The van der Waals surface area contributed by atoms with E-state index in [9.17, 15) is 4.79 Å². The molecule has 0 spiro atoms. The molecule has 0 saturated carbocycles. The molecule has 0 aromatic carbocycles. The van der Waals surface area contributed by atoms with Gasteiger partial charge in [-0.15, -0.1) is 10.2 Å². The fourth-order valence-corrected chi connectivity index (χ4v) is 1.53. The van der Waals surface area contributed by atoms with E-state index in [1.807, 2.05) is 18.2 Å². The smallest absolute Gasteiger partial charge is 0.274 e. The Hall–Kier alpha value is -2.01. The number of aromatic nitrogens is 3. The normalized spacial score (nSPS) is 10.1. The van der Waals surface area contributed by atoms with E-state index < -0.39 is 0 Å². The largest absolute Gasteiger partial charge is 0.334 e. The molecule has 0 radical (unpaired) electrons. The summed E-state index contributed by atoms with van der Waals surface area (Å²) in [5.41, 5.74) is 1.08. The predicted octanol–water partition coefficient (Wildman–Crippen LogP) is 1.80. The molecule has 2 aromatic rings. The summed E-state index contributed by atoms with van der Waals surface area (Å²) in [7, 11) is 1.69. The molecule has 5 nitrogen and oxygen atoms in total. The first-order valence-corrected chi connectivity index (χ1v) is 5.69. The average molecular weight is 263 g/mol. The Morgan fingerprint density at radius 3 is 2.72 bits per heavy atom. The molecule has 18 heavy (non-hydrogen) atoms. The molecule has 0 fully saturated rings. The fraction of sp³-hybridized carbons (Fsp3) is 0.167. The molecule has 0 atom stereocenters. The molecular weight excluding hydrogens is 252 g/mol. The standard InChI is InChI=1S/C12H11ClN4O/c1-17(8-9-4-2-3-7-14-9)12(18)10-5-6-11(13)16-15-10/h2-7H,8H2,1H3. The van der Waals surface area contributed by atoms with Crippen LogP contribution < -0.4 is 0 Å². The Bertz CT molecular complexity index is 530. The van der Waals surface area contributed by atoms with Crippen LogP contribution in [0.2, 0.25) is 5.15 Å². The SMILES string of the molecule is CN(Cc1ccccn1)C(=O)c1ccc(Cl)nn1. The number of amides is 1. The zero-order valence-electron chi connectivity index (χ0n) is 9.75. The summed E-state index contributed by atoms with van der Waals surface area (Å²) in [5.74, 6) is -0.218. The molecule has 0 aliphatic heterocycles. The highest BCUT2D eigenvalue weighted by molar-refractivity contribution is 6.29. The van der Waals surface area contributed by atoms with Crippen LogP contribution >= 0.6 is 11.6 Å². The van der Waals surface area contributed by atoms with E-state index in [1.54, 1.807) is 19.3 Å². The number of pyridine rings is 1.